The van der Waals surface area contributed by atoms with Gasteiger partial charge in [-0.25, -0.2) is 0 Å². The zero-order valence-corrected chi connectivity index (χ0v) is 12.2. The molecule has 2 nitrogen and oxygen atoms in total. The molecule has 1 fully saturated rings. The lowest BCUT2D eigenvalue weighted by atomic mass is 10.1. The molecule has 0 aliphatic carbocycles. The maximum Gasteiger partial charge on any atom is 0.0716 e. The Hall–Kier alpha value is -1.96. The molecule has 0 radical (unpaired) electrons. The lowest BCUT2D eigenvalue weighted by Crippen LogP contribution is -2.12. The van der Waals surface area contributed by atoms with Crippen LogP contribution in [0.15, 0.2) is 72.7 Å². The Bertz CT molecular complexity index is 450. The van der Waals surface area contributed by atoms with Crippen molar-refractivity contribution in [2.45, 2.75) is 19.9 Å². The van der Waals surface area contributed by atoms with Crippen LogP contribution >= 0.6 is 0 Å². The van der Waals surface area contributed by atoms with Crippen molar-refractivity contribution in [2.75, 3.05) is 13.6 Å². The Morgan fingerprint density at radius 1 is 1.26 bits per heavy atom. The van der Waals surface area contributed by atoms with E-state index in [1.165, 1.54) is 11.3 Å². The average Bonchev–Trinajstić information content (AvgIpc) is 3.20. The van der Waals surface area contributed by atoms with Crippen LogP contribution in [0, 0.1) is 0 Å². The van der Waals surface area contributed by atoms with E-state index < -0.39 is 0 Å². The van der Waals surface area contributed by atoms with Gasteiger partial charge >= 0.3 is 0 Å². The minimum Gasteiger partial charge on any atom is -0.386 e. The Morgan fingerprint density at radius 3 is 2.47 bits per heavy atom. The van der Waals surface area contributed by atoms with Gasteiger partial charge in [-0.15, -0.1) is 0 Å². The fourth-order valence-electron chi connectivity index (χ4n) is 2.10. The van der Waals surface area contributed by atoms with E-state index in [0.717, 1.165) is 12.2 Å². The van der Waals surface area contributed by atoms with Gasteiger partial charge in [-0.3, -0.25) is 0 Å². The predicted molar refractivity (Wildman–Crippen MR) is 84.7 cm³/mol. The van der Waals surface area contributed by atoms with E-state index in [2.05, 4.69) is 54.6 Å². The summed E-state index contributed by atoms with van der Waals surface area (Å²) in [6.07, 6.45) is 14.1. The van der Waals surface area contributed by atoms with Crippen molar-refractivity contribution in [1.82, 2.24) is 10.2 Å². The van der Waals surface area contributed by atoms with Crippen LogP contribution in [-0.4, -0.2) is 24.5 Å². The molecular weight excluding hydrogens is 232 g/mol. The molecule has 19 heavy (non-hydrogen) atoms. The number of allylic oxidation sites excluding steroid dienone is 6. The Morgan fingerprint density at radius 2 is 2.00 bits per heavy atom. The van der Waals surface area contributed by atoms with Crippen LogP contribution in [-0.2, 0) is 0 Å². The second kappa shape index (κ2) is 7.47. The third kappa shape index (κ3) is 3.75. The maximum absolute atomic E-state index is 3.86. The smallest absolute Gasteiger partial charge is 0.0716 e. The fourth-order valence-corrected chi connectivity index (χ4v) is 2.10. The summed E-state index contributed by atoms with van der Waals surface area (Å²) in [5, 5.41) is 3.19. The first kappa shape index (κ1) is 15.1. The number of hydrogen-bond donors (Lipinski definition) is 1. The Balaban J connectivity index is 2.94. The average molecular weight is 256 g/mol. The first-order valence-corrected chi connectivity index (χ1v) is 6.62. The lowest BCUT2D eigenvalue weighted by Gasteiger charge is -2.12. The van der Waals surface area contributed by atoms with E-state index in [0.29, 0.717) is 6.04 Å². The second-order valence-electron chi connectivity index (χ2n) is 4.30. The van der Waals surface area contributed by atoms with E-state index in [-0.39, 0.29) is 0 Å². The molecular formula is C17H24N2. The summed E-state index contributed by atoms with van der Waals surface area (Å²) in [4.78, 5) is 2.36. The summed E-state index contributed by atoms with van der Waals surface area (Å²) < 4.78 is 0. The van der Waals surface area contributed by atoms with Gasteiger partial charge in [0.1, 0.15) is 0 Å². The van der Waals surface area contributed by atoms with Gasteiger partial charge in [0.15, 0.2) is 0 Å². The highest BCUT2D eigenvalue weighted by atomic mass is 15.3. The highest BCUT2D eigenvalue weighted by Gasteiger charge is 2.37. The topological polar surface area (TPSA) is 15.0 Å². The largest absolute Gasteiger partial charge is 0.386 e. The van der Waals surface area contributed by atoms with Crippen molar-refractivity contribution in [3.63, 3.8) is 0 Å². The van der Waals surface area contributed by atoms with Crippen LogP contribution in [0.3, 0.4) is 0 Å². The highest BCUT2D eigenvalue weighted by Crippen LogP contribution is 2.32. The summed E-state index contributed by atoms with van der Waals surface area (Å²) >= 11 is 0. The van der Waals surface area contributed by atoms with Crippen molar-refractivity contribution in [3.8, 4) is 0 Å². The zero-order chi connectivity index (χ0) is 14.3. The molecule has 102 valence electrons. The predicted octanol–water partition coefficient (Wildman–Crippen LogP) is 3.55. The van der Waals surface area contributed by atoms with E-state index in [1.807, 2.05) is 32.2 Å². The standard InChI is InChI=1S/C17H24N2/c1-6-10-12-14(8-3)17-13-19(17)16(11-7-2)15(9-4)18-5/h6-12,17-18H,1,4,13H2,2-3,5H3/b11-7-,12-10-,14-8+,16-15-. The van der Waals surface area contributed by atoms with Crippen LogP contribution in [0.5, 0.6) is 0 Å². The molecule has 1 rings (SSSR count). The van der Waals surface area contributed by atoms with Gasteiger partial charge in [0, 0.05) is 13.6 Å². The van der Waals surface area contributed by atoms with Gasteiger partial charge in [0.2, 0.25) is 0 Å². The summed E-state index contributed by atoms with van der Waals surface area (Å²) in [5.41, 5.74) is 3.57. The number of nitrogens with one attached hydrogen (secondary N) is 1. The summed E-state index contributed by atoms with van der Waals surface area (Å²) in [6, 6.07) is 0.454. The van der Waals surface area contributed by atoms with Gasteiger partial charge in [-0.2, -0.15) is 0 Å². The summed E-state index contributed by atoms with van der Waals surface area (Å²) in [6.45, 7) is 12.7. The number of likely N-dealkylation sites (N-methyl/N-ethyl adjacent to an activating group) is 1. The van der Waals surface area contributed by atoms with Crippen molar-refractivity contribution in [3.05, 3.63) is 72.7 Å². The number of hydrogen-bond acceptors (Lipinski definition) is 2. The van der Waals surface area contributed by atoms with Crippen molar-refractivity contribution in [1.29, 1.82) is 0 Å². The number of nitrogens with zero attached hydrogens (tertiary/aromatic N) is 1. The van der Waals surface area contributed by atoms with Crippen LogP contribution in [0.2, 0.25) is 0 Å². The molecule has 0 bridgehead atoms. The van der Waals surface area contributed by atoms with Crippen LogP contribution in [0.4, 0.5) is 0 Å². The normalized spacial score (nSPS) is 20.7. The lowest BCUT2D eigenvalue weighted by molar-refractivity contribution is 0.659. The van der Waals surface area contributed by atoms with Gasteiger partial charge in [0.05, 0.1) is 17.4 Å². The van der Waals surface area contributed by atoms with E-state index in [4.69, 9.17) is 0 Å². The summed E-state index contributed by atoms with van der Waals surface area (Å²) in [5.74, 6) is 0. The molecule has 0 saturated carbocycles. The van der Waals surface area contributed by atoms with Gasteiger partial charge in [-0.1, -0.05) is 43.5 Å². The fraction of sp³-hybridized carbons (Fsp3) is 0.294. The van der Waals surface area contributed by atoms with Crippen molar-refractivity contribution >= 4 is 0 Å². The molecule has 1 saturated heterocycles. The highest BCUT2D eigenvalue weighted by molar-refractivity contribution is 5.40. The second-order valence-corrected chi connectivity index (χ2v) is 4.30. The molecule has 1 heterocycles. The molecule has 2 heteroatoms. The molecule has 0 spiro atoms. The molecule has 1 aliphatic heterocycles. The minimum atomic E-state index is 0.454. The Kier molecular flexibility index (Phi) is 5.94. The van der Waals surface area contributed by atoms with Crippen molar-refractivity contribution < 1.29 is 0 Å². The van der Waals surface area contributed by atoms with Crippen LogP contribution in [0.1, 0.15) is 13.8 Å². The zero-order valence-electron chi connectivity index (χ0n) is 12.2. The van der Waals surface area contributed by atoms with E-state index in [1.54, 1.807) is 0 Å². The molecule has 1 unspecified atom stereocenters. The molecule has 0 aromatic rings. The first-order chi connectivity index (χ1) is 9.23. The molecule has 0 aromatic heterocycles. The van der Waals surface area contributed by atoms with Crippen LogP contribution in [0.25, 0.3) is 0 Å². The van der Waals surface area contributed by atoms with E-state index >= 15 is 0 Å². The van der Waals surface area contributed by atoms with Crippen LogP contribution < -0.4 is 5.32 Å². The molecule has 0 aromatic carbocycles. The maximum atomic E-state index is 3.86. The molecule has 1 N–H and O–H groups in total. The SMILES string of the molecule is C=C/C=C\C(=C/C)C1CN1C(/C=C\C)=C(/C=C)NC. The van der Waals surface area contributed by atoms with Gasteiger partial charge in [0.25, 0.3) is 0 Å². The van der Waals surface area contributed by atoms with Gasteiger partial charge < -0.3 is 10.2 Å². The number of rotatable bonds is 7. The first-order valence-electron chi connectivity index (χ1n) is 6.62. The van der Waals surface area contributed by atoms with Crippen molar-refractivity contribution in [2.24, 2.45) is 0 Å². The molecule has 1 aliphatic rings. The molecule has 1 atom stereocenters. The Labute approximate surface area is 117 Å². The quantitative estimate of drug-likeness (QED) is 0.553. The summed E-state index contributed by atoms with van der Waals surface area (Å²) in [7, 11) is 1.92. The monoisotopic (exact) mass is 256 g/mol. The van der Waals surface area contributed by atoms with Gasteiger partial charge in [-0.05, 0) is 31.6 Å². The third-order valence-corrected chi connectivity index (χ3v) is 3.14. The van der Waals surface area contributed by atoms with E-state index in [9.17, 15) is 0 Å². The third-order valence-electron chi connectivity index (χ3n) is 3.14. The minimum absolute atomic E-state index is 0.454. The molecule has 0 amide bonds.